The van der Waals surface area contributed by atoms with Crippen LogP contribution in [-0.2, 0) is 12.8 Å². The van der Waals surface area contributed by atoms with Gasteiger partial charge in [-0.1, -0.05) is 24.3 Å². The van der Waals surface area contributed by atoms with Gasteiger partial charge in [-0.15, -0.1) is 0 Å². The predicted molar refractivity (Wildman–Crippen MR) is 147 cm³/mol. The third-order valence-corrected chi connectivity index (χ3v) is 6.86. The van der Waals surface area contributed by atoms with Crippen LogP contribution in [0.15, 0.2) is 91.3 Å². The fourth-order valence-corrected chi connectivity index (χ4v) is 4.63. The highest BCUT2D eigenvalue weighted by Crippen LogP contribution is 2.22. The Kier molecular flexibility index (Phi) is 7.47. The molecule has 188 valence electrons. The Hall–Kier alpha value is -4.16. The van der Waals surface area contributed by atoms with Gasteiger partial charge in [0.05, 0.1) is 6.10 Å². The largest absolute Gasteiger partial charge is 0.393 e. The molecular formula is C31H31N3O3. The number of hydrogen-bond acceptors (Lipinski definition) is 5. The van der Waals surface area contributed by atoms with Gasteiger partial charge in [0.2, 0.25) is 0 Å². The first kappa shape index (κ1) is 24.5. The molecule has 3 aromatic carbocycles. The number of aromatic nitrogens is 1. The van der Waals surface area contributed by atoms with E-state index in [1.807, 2.05) is 72.8 Å². The number of benzene rings is 3. The van der Waals surface area contributed by atoms with Crippen LogP contribution in [0.1, 0.15) is 44.7 Å². The zero-order valence-electron chi connectivity index (χ0n) is 20.7. The van der Waals surface area contributed by atoms with Crippen molar-refractivity contribution < 1.29 is 14.7 Å². The Labute approximate surface area is 217 Å². The van der Waals surface area contributed by atoms with Crippen LogP contribution in [0.3, 0.4) is 0 Å². The molecular weight excluding hydrogens is 462 g/mol. The normalized spacial score (nSPS) is 13.9. The number of piperidine rings is 1. The summed E-state index contributed by atoms with van der Waals surface area (Å²) in [6.07, 6.45) is 5.55. The maximum Gasteiger partial charge on any atom is 0.168 e. The molecule has 0 saturated carbocycles. The number of carbonyl (C=O) groups is 2. The highest BCUT2D eigenvalue weighted by atomic mass is 16.3. The Morgan fingerprint density at radius 2 is 1.30 bits per heavy atom. The highest BCUT2D eigenvalue weighted by molar-refractivity contribution is 5.98. The lowest BCUT2D eigenvalue weighted by atomic mass is 10.0. The van der Waals surface area contributed by atoms with E-state index in [4.69, 9.17) is 0 Å². The van der Waals surface area contributed by atoms with Crippen LogP contribution >= 0.6 is 0 Å². The van der Waals surface area contributed by atoms with Gasteiger partial charge in [0.1, 0.15) is 0 Å². The van der Waals surface area contributed by atoms with Crippen LogP contribution in [0.4, 0.5) is 17.1 Å². The van der Waals surface area contributed by atoms with Crippen LogP contribution in [0.5, 0.6) is 0 Å². The second kappa shape index (κ2) is 11.3. The number of H-pyrrole nitrogens is 1. The topological polar surface area (TPSA) is 85.4 Å². The lowest BCUT2D eigenvalue weighted by molar-refractivity contribution is 0.0985. The van der Waals surface area contributed by atoms with Crippen molar-refractivity contribution in [1.29, 1.82) is 0 Å². The zero-order chi connectivity index (χ0) is 25.6. The smallest absolute Gasteiger partial charge is 0.168 e. The second-order valence-corrected chi connectivity index (χ2v) is 9.58. The predicted octanol–water partition coefficient (Wildman–Crippen LogP) is 5.57. The molecule has 0 unspecified atom stereocenters. The van der Waals surface area contributed by atoms with Crippen molar-refractivity contribution in [2.75, 3.05) is 23.3 Å². The number of aliphatic hydroxyl groups excluding tert-OH is 1. The summed E-state index contributed by atoms with van der Waals surface area (Å²) in [7, 11) is 0. The SMILES string of the molecule is O=C(Cc1ccc(Nc2ccc(CC(=O)c3cc[nH]c3)cc2)cc1)c1ccc(N2CCC(O)CC2)cc1. The van der Waals surface area contributed by atoms with Gasteiger partial charge in [0, 0.05) is 66.5 Å². The number of hydrogen-bond donors (Lipinski definition) is 3. The number of nitrogens with zero attached hydrogens (tertiary/aromatic N) is 1. The van der Waals surface area contributed by atoms with Crippen molar-refractivity contribution in [3.63, 3.8) is 0 Å². The van der Waals surface area contributed by atoms with Gasteiger partial charge >= 0.3 is 0 Å². The minimum absolute atomic E-state index is 0.0887. The molecule has 3 N–H and O–H groups in total. The summed E-state index contributed by atoms with van der Waals surface area (Å²) >= 11 is 0. The van der Waals surface area contributed by atoms with Crippen LogP contribution in [0.25, 0.3) is 0 Å². The number of aromatic amines is 1. The van der Waals surface area contributed by atoms with Gasteiger partial charge in [0.15, 0.2) is 11.6 Å². The number of anilines is 3. The van der Waals surface area contributed by atoms with Gasteiger partial charge in [-0.3, -0.25) is 9.59 Å². The number of carbonyl (C=O) groups excluding carboxylic acids is 2. The van der Waals surface area contributed by atoms with Gasteiger partial charge in [-0.25, -0.2) is 0 Å². The van der Waals surface area contributed by atoms with Crippen molar-refractivity contribution in [2.24, 2.45) is 0 Å². The summed E-state index contributed by atoms with van der Waals surface area (Å²) in [6.45, 7) is 1.68. The molecule has 2 heterocycles. The molecule has 6 heteroatoms. The molecule has 1 fully saturated rings. The Morgan fingerprint density at radius 3 is 1.81 bits per heavy atom. The van der Waals surface area contributed by atoms with E-state index in [9.17, 15) is 14.7 Å². The van der Waals surface area contributed by atoms with E-state index in [-0.39, 0.29) is 17.7 Å². The van der Waals surface area contributed by atoms with E-state index >= 15 is 0 Å². The van der Waals surface area contributed by atoms with Crippen LogP contribution in [0.2, 0.25) is 0 Å². The number of rotatable bonds is 9. The van der Waals surface area contributed by atoms with E-state index in [1.54, 1.807) is 18.5 Å². The molecule has 1 saturated heterocycles. The van der Waals surface area contributed by atoms with Crippen molar-refractivity contribution in [3.05, 3.63) is 114 Å². The lowest BCUT2D eigenvalue weighted by Crippen LogP contribution is -2.35. The number of ketones is 2. The van der Waals surface area contributed by atoms with Gasteiger partial charge < -0.3 is 20.3 Å². The maximum absolute atomic E-state index is 12.8. The molecule has 0 radical (unpaired) electrons. The lowest BCUT2D eigenvalue weighted by Gasteiger charge is -2.31. The third-order valence-electron chi connectivity index (χ3n) is 6.86. The molecule has 0 spiro atoms. The number of nitrogens with one attached hydrogen (secondary N) is 2. The molecule has 1 aromatic heterocycles. The Balaban J connectivity index is 1.13. The first-order valence-corrected chi connectivity index (χ1v) is 12.7. The average molecular weight is 494 g/mol. The monoisotopic (exact) mass is 493 g/mol. The summed E-state index contributed by atoms with van der Waals surface area (Å²) in [5.74, 6) is 0.178. The highest BCUT2D eigenvalue weighted by Gasteiger charge is 2.17. The molecule has 37 heavy (non-hydrogen) atoms. The van der Waals surface area contributed by atoms with Crippen LogP contribution in [-0.4, -0.2) is 40.9 Å². The minimum Gasteiger partial charge on any atom is -0.393 e. The molecule has 6 nitrogen and oxygen atoms in total. The number of aliphatic hydroxyl groups is 1. The Bertz CT molecular complexity index is 1320. The molecule has 1 aliphatic heterocycles. The summed E-state index contributed by atoms with van der Waals surface area (Å²) in [6, 6.07) is 25.3. The quantitative estimate of drug-likeness (QED) is 0.266. The fourth-order valence-electron chi connectivity index (χ4n) is 4.63. The molecule has 1 aliphatic rings. The van der Waals surface area contributed by atoms with Crippen molar-refractivity contribution in [3.8, 4) is 0 Å². The van der Waals surface area contributed by atoms with E-state index in [0.717, 1.165) is 54.1 Å². The second-order valence-electron chi connectivity index (χ2n) is 9.58. The fraction of sp³-hybridized carbons (Fsp3) is 0.226. The van der Waals surface area contributed by atoms with Gasteiger partial charge in [0.25, 0.3) is 0 Å². The summed E-state index contributed by atoms with van der Waals surface area (Å²) in [4.78, 5) is 30.3. The van der Waals surface area contributed by atoms with Gasteiger partial charge in [-0.2, -0.15) is 0 Å². The third kappa shape index (κ3) is 6.35. The average Bonchev–Trinajstić information content (AvgIpc) is 3.47. The van der Waals surface area contributed by atoms with Crippen molar-refractivity contribution in [1.82, 2.24) is 4.98 Å². The minimum atomic E-state index is -0.198. The van der Waals surface area contributed by atoms with Crippen molar-refractivity contribution >= 4 is 28.6 Å². The van der Waals surface area contributed by atoms with Crippen molar-refractivity contribution in [2.45, 2.75) is 31.8 Å². The van der Waals surface area contributed by atoms with Crippen LogP contribution < -0.4 is 10.2 Å². The standard InChI is InChI=1S/C31H31N3O3/c35-29-14-17-34(18-15-29)28-11-5-24(6-12-28)30(36)19-22-1-7-26(8-2-22)33-27-9-3-23(4-10-27)20-31(37)25-13-16-32-21-25/h1-13,16,21,29,32-33,35H,14-15,17-20H2. The van der Waals surface area contributed by atoms with E-state index < -0.39 is 0 Å². The van der Waals surface area contributed by atoms with Crippen LogP contribution in [0, 0.1) is 0 Å². The first-order chi connectivity index (χ1) is 18.0. The molecule has 4 aromatic rings. The van der Waals surface area contributed by atoms with E-state index in [0.29, 0.717) is 24.0 Å². The van der Waals surface area contributed by atoms with E-state index in [2.05, 4.69) is 15.2 Å². The molecule has 0 amide bonds. The molecule has 0 atom stereocenters. The summed E-state index contributed by atoms with van der Waals surface area (Å²) < 4.78 is 0. The molecule has 5 rings (SSSR count). The maximum atomic E-state index is 12.8. The molecule has 0 aliphatic carbocycles. The summed E-state index contributed by atoms with van der Waals surface area (Å²) in [5, 5.41) is 13.1. The Morgan fingerprint density at radius 1 is 0.757 bits per heavy atom. The number of Topliss-reactive ketones (excluding diaryl/α,β-unsaturated/α-hetero) is 2. The zero-order valence-corrected chi connectivity index (χ0v) is 20.7. The summed E-state index contributed by atoms with van der Waals surface area (Å²) in [5.41, 5.74) is 6.29. The first-order valence-electron chi connectivity index (χ1n) is 12.7. The van der Waals surface area contributed by atoms with Gasteiger partial charge in [-0.05, 0) is 78.6 Å². The van der Waals surface area contributed by atoms with E-state index in [1.165, 1.54) is 0 Å². The molecule has 0 bridgehead atoms.